The molecule has 1 aromatic rings. The second-order valence-electron chi connectivity index (χ2n) is 5.71. The molecule has 0 heterocycles. The van der Waals surface area contributed by atoms with E-state index in [4.69, 9.17) is 16.7 Å². The summed E-state index contributed by atoms with van der Waals surface area (Å²) in [6.45, 7) is 2.98. The molecule has 0 aliphatic heterocycles. The molecule has 1 fully saturated rings. The van der Waals surface area contributed by atoms with E-state index in [-0.39, 0.29) is 17.9 Å². The van der Waals surface area contributed by atoms with Crippen molar-refractivity contribution < 1.29 is 9.90 Å². The van der Waals surface area contributed by atoms with Crippen molar-refractivity contribution in [2.24, 2.45) is 5.41 Å². The molecule has 0 amide bonds. The van der Waals surface area contributed by atoms with E-state index in [1.54, 1.807) is 0 Å². The molecule has 0 spiro atoms. The SMILES string of the molecule is CC(c1ccc(Cl)cc1)N(C)CC1(CC(=O)O)CC1. The van der Waals surface area contributed by atoms with Crippen molar-refractivity contribution in [3.63, 3.8) is 0 Å². The van der Waals surface area contributed by atoms with Crippen LogP contribution in [0.5, 0.6) is 0 Å². The van der Waals surface area contributed by atoms with Gasteiger partial charge in [-0.2, -0.15) is 0 Å². The van der Waals surface area contributed by atoms with Gasteiger partial charge in [0.25, 0.3) is 0 Å². The fourth-order valence-corrected chi connectivity index (χ4v) is 2.68. The van der Waals surface area contributed by atoms with Crippen molar-refractivity contribution in [3.05, 3.63) is 34.9 Å². The van der Waals surface area contributed by atoms with Crippen molar-refractivity contribution in [2.75, 3.05) is 13.6 Å². The smallest absolute Gasteiger partial charge is 0.303 e. The van der Waals surface area contributed by atoms with Crippen LogP contribution >= 0.6 is 11.6 Å². The molecule has 1 aliphatic carbocycles. The number of rotatable bonds is 6. The highest BCUT2D eigenvalue weighted by Crippen LogP contribution is 2.49. The van der Waals surface area contributed by atoms with Gasteiger partial charge < -0.3 is 5.11 Å². The van der Waals surface area contributed by atoms with Crippen molar-refractivity contribution in [2.45, 2.75) is 32.2 Å². The van der Waals surface area contributed by atoms with Gasteiger partial charge in [-0.1, -0.05) is 23.7 Å². The van der Waals surface area contributed by atoms with Crippen LogP contribution in [0.15, 0.2) is 24.3 Å². The summed E-state index contributed by atoms with van der Waals surface area (Å²) < 4.78 is 0. The number of hydrogen-bond donors (Lipinski definition) is 1. The summed E-state index contributed by atoms with van der Waals surface area (Å²) in [4.78, 5) is 13.1. The topological polar surface area (TPSA) is 40.5 Å². The van der Waals surface area contributed by atoms with E-state index in [1.165, 1.54) is 5.56 Å². The monoisotopic (exact) mass is 281 g/mol. The lowest BCUT2D eigenvalue weighted by Gasteiger charge is -2.29. The van der Waals surface area contributed by atoms with Crippen molar-refractivity contribution >= 4 is 17.6 Å². The number of nitrogens with zero attached hydrogens (tertiary/aromatic N) is 1. The van der Waals surface area contributed by atoms with Crippen LogP contribution in [-0.4, -0.2) is 29.6 Å². The van der Waals surface area contributed by atoms with Crippen LogP contribution in [0.25, 0.3) is 0 Å². The van der Waals surface area contributed by atoms with Gasteiger partial charge in [0.05, 0.1) is 6.42 Å². The Bertz CT molecular complexity index is 454. The van der Waals surface area contributed by atoms with Gasteiger partial charge in [-0.15, -0.1) is 0 Å². The number of halogens is 1. The molecule has 1 saturated carbocycles. The first-order valence-electron chi connectivity index (χ1n) is 6.59. The molecule has 104 valence electrons. The first-order valence-corrected chi connectivity index (χ1v) is 6.97. The first kappa shape index (κ1) is 14.4. The van der Waals surface area contributed by atoms with Crippen LogP contribution in [0, 0.1) is 5.41 Å². The molecular formula is C15H20ClNO2. The average Bonchev–Trinajstić information content (AvgIpc) is 3.07. The lowest BCUT2D eigenvalue weighted by atomic mass is 10.00. The molecule has 2 rings (SSSR count). The third kappa shape index (κ3) is 3.71. The molecule has 0 bridgehead atoms. The van der Waals surface area contributed by atoms with Crippen LogP contribution in [-0.2, 0) is 4.79 Å². The molecule has 4 heteroatoms. The Morgan fingerprint density at radius 1 is 1.42 bits per heavy atom. The molecule has 1 unspecified atom stereocenters. The van der Waals surface area contributed by atoms with E-state index in [0.29, 0.717) is 0 Å². The summed E-state index contributed by atoms with van der Waals surface area (Å²) in [6.07, 6.45) is 2.33. The van der Waals surface area contributed by atoms with Crippen molar-refractivity contribution in [3.8, 4) is 0 Å². The summed E-state index contributed by atoms with van der Waals surface area (Å²) in [5.41, 5.74) is 1.21. The van der Waals surface area contributed by atoms with Gasteiger partial charge in [-0.05, 0) is 49.9 Å². The predicted molar refractivity (Wildman–Crippen MR) is 76.4 cm³/mol. The molecule has 1 atom stereocenters. The van der Waals surface area contributed by atoms with Crippen LogP contribution in [0.4, 0.5) is 0 Å². The van der Waals surface area contributed by atoms with Gasteiger partial charge in [0, 0.05) is 17.6 Å². The lowest BCUT2D eigenvalue weighted by molar-refractivity contribution is -0.138. The maximum absolute atomic E-state index is 10.9. The molecule has 1 aromatic carbocycles. The maximum atomic E-state index is 10.9. The minimum absolute atomic E-state index is 0.00126. The van der Waals surface area contributed by atoms with E-state index >= 15 is 0 Å². The number of benzene rings is 1. The molecule has 0 aromatic heterocycles. The third-order valence-electron chi connectivity index (χ3n) is 4.08. The summed E-state index contributed by atoms with van der Waals surface area (Å²) in [5, 5.41) is 9.69. The Morgan fingerprint density at radius 3 is 2.47 bits per heavy atom. The summed E-state index contributed by atoms with van der Waals surface area (Å²) in [7, 11) is 2.06. The Morgan fingerprint density at radius 2 is 2.00 bits per heavy atom. The first-order chi connectivity index (χ1) is 8.92. The number of carboxylic acid groups (broad SMARTS) is 1. The van der Waals surface area contributed by atoms with Crippen molar-refractivity contribution in [1.29, 1.82) is 0 Å². The van der Waals surface area contributed by atoms with Gasteiger partial charge in [-0.25, -0.2) is 0 Å². The molecule has 3 nitrogen and oxygen atoms in total. The fraction of sp³-hybridized carbons (Fsp3) is 0.533. The highest BCUT2D eigenvalue weighted by molar-refractivity contribution is 6.30. The van der Waals surface area contributed by atoms with Gasteiger partial charge >= 0.3 is 5.97 Å². The second kappa shape index (κ2) is 5.51. The number of hydrogen-bond acceptors (Lipinski definition) is 2. The zero-order valence-electron chi connectivity index (χ0n) is 11.4. The van der Waals surface area contributed by atoms with Gasteiger partial charge in [0.1, 0.15) is 0 Å². The van der Waals surface area contributed by atoms with E-state index in [0.717, 1.165) is 24.4 Å². The highest BCUT2D eigenvalue weighted by atomic mass is 35.5. The third-order valence-corrected chi connectivity index (χ3v) is 4.33. The van der Waals surface area contributed by atoms with Gasteiger partial charge in [0.2, 0.25) is 0 Å². The number of carbonyl (C=O) groups is 1. The largest absolute Gasteiger partial charge is 0.481 e. The summed E-state index contributed by atoms with van der Waals surface area (Å²) >= 11 is 5.89. The summed E-state index contributed by atoms with van der Waals surface area (Å²) in [6, 6.07) is 8.11. The highest BCUT2D eigenvalue weighted by Gasteiger charge is 2.45. The maximum Gasteiger partial charge on any atom is 0.303 e. The molecule has 0 saturated heterocycles. The Kier molecular flexibility index (Phi) is 4.16. The Balaban J connectivity index is 1.98. The standard InChI is InChI=1S/C15H20ClNO2/c1-11(12-3-5-13(16)6-4-12)17(2)10-15(7-8-15)9-14(18)19/h3-6,11H,7-10H2,1-2H3,(H,18,19). The quantitative estimate of drug-likeness (QED) is 0.866. The zero-order chi connectivity index (χ0) is 14.0. The normalized spacial score (nSPS) is 18.3. The lowest BCUT2D eigenvalue weighted by Crippen LogP contribution is -2.30. The summed E-state index contributed by atoms with van der Waals surface area (Å²) in [5.74, 6) is -0.690. The van der Waals surface area contributed by atoms with E-state index in [1.807, 2.05) is 24.3 Å². The van der Waals surface area contributed by atoms with Crippen LogP contribution < -0.4 is 0 Å². The Labute approximate surface area is 119 Å². The molecular weight excluding hydrogens is 262 g/mol. The minimum atomic E-state index is -0.690. The fourth-order valence-electron chi connectivity index (χ4n) is 2.55. The Hall–Kier alpha value is -1.06. The van der Waals surface area contributed by atoms with Crippen LogP contribution in [0.1, 0.15) is 37.8 Å². The van der Waals surface area contributed by atoms with E-state index in [2.05, 4.69) is 18.9 Å². The number of carboxylic acids is 1. The molecule has 19 heavy (non-hydrogen) atoms. The molecule has 0 radical (unpaired) electrons. The van der Waals surface area contributed by atoms with Crippen LogP contribution in [0.2, 0.25) is 5.02 Å². The van der Waals surface area contributed by atoms with Crippen molar-refractivity contribution in [1.82, 2.24) is 4.90 Å². The molecule has 1 aliphatic rings. The zero-order valence-corrected chi connectivity index (χ0v) is 12.2. The van der Waals surface area contributed by atoms with Gasteiger partial charge in [0.15, 0.2) is 0 Å². The van der Waals surface area contributed by atoms with E-state index in [9.17, 15) is 4.79 Å². The second-order valence-corrected chi connectivity index (χ2v) is 6.15. The van der Waals surface area contributed by atoms with E-state index < -0.39 is 5.97 Å². The predicted octanol–water partition coefficient (Wildman–Crippen LogP) is 3.59. The minimum Gasteiger partial charge on any atom is -0.481 e. The molecule has 1 N–H and O–H groups in total. The van der Waals surface area contributed by atoms with Gasteiger partial charge in [-0.3, -0.25) is 9.69 Å². The van der Waals surface area contributed by atoms with Crippen LogP contribution in [0.3, 0.4) is 0 Å². The number of aliphatic carboxylic acids is 1. The average molecular weight is 282 g/mol.